The van der Waals surface area contributed by atoms with Crippen molar-refractivity contribution in [3.8, 4) is 0 Å². The number of benzene rings is 2. The first-order valence-corrected chi connectivity index (χ1v) is 10.5. The molecule has 0 spiro atoms. The molecule has 4 rings (SSSR count). The van der Waals surface area contributed by atoms with E-state index in [1.807, 2.05) is 24.3 Å². The van der Waals surface area contributed by atoms with E-state index in [1.165, 1.54) is 0 Å². The Balaban J connectivity index is 1.31. The number of aliphatic hydroxyl groups excluding tert-OH is 1. The maximum atomic E-state index is 12.7. The monoisotopic (exact) mass is 434 g/mol. The van der Waals surface area contributed by atoms with Crippen LogP contribution in [0.3, 0.4) is 0 Å². The van der Waals surface area contributed by atoms with Crippen molar-refractivity contribution in [2.45, 2.75) is 12.1 Å². The van der Waals surface area contributed by atoms with Crippen LogP contribution < -0.4 is 5.43 Å². The fourth-order valence-corrected chi connectivity index (χ4v) is 4.19. The van der Waals surface area contributed by atoms with Gasteiger partial charge >= 0.3 is 0 Å². The number of rotatable bonds is 4. The molecule has 8 heteroatoms. The van der Waals surface area contributed by atoms with Gasteiger partial charge in [-0.2, -0.15) is 0 Å². The second-order valence-electron chi connectivity index (χ2n) is 7.49. The van der Waals surface area contributed by atoms with E-state index in [9.17, 15) is 9.90 Å². The summed E-state index contributed by atoms with van der Waals surface area (Å²) in [5.74, 6) is -0.0637. The number of likely N-dealkylation sites (tertiary alicyclic amines) is 1. The number of carbonyl (C=O) groups is 1. The summed E-state index contributed by atoms with van der Waals surface area (Å²) >= 11 is 11.8. The molecule has 2 N–H and O–H groups in total. The Morgan fingerprint density at radius 1 is 0.897 bits per heavy atom. The van der Waals surface area contributed by atoms with Gasteiger partial charge in [0.05, 0.1) is 12.1 Å². The summed E-state index contributed by atoms with van der Waals surface area (Å²) in [5, 5.41) is 14.1. The Kier molecular flexibility index (Phi) is 6.27. The quantitative estimate of drug-likeness (QED) is 0.774. The van der Waals surface area contributed by atoms with Gasteiger partial charge in [0, 0.05) is 60.6 Å². The molecular weight excluding hydrogens is 411 g/mol. The lowest BCUT2D eigenvalue weighted by Gasteiger charge is -2.39. The molecule has 0 saturated carbocycles. The molecule has 2 fully saturated rings. The third kappa shape index (κ3) is 4.85. The van der Waals surface area contributed by atoms with E-state index in [0.29, 0.717) is 28.7 Å². The summed E-state index contributed by atoms with van der Waals surface area (Å²) in [7, 11) is 0. The van der Waals surface area contributed by atoms with Gasteiger partial charge in [0.1, 0.15) is 0 Å². The third-order valence-corrected chi connectivity index (χ3v) is 6.06. The van der Waals surface area contributed by atoms with Crippen LogP contribution in [0.1, 0.15) is 10.4 Å². The molecule has 1 amide bonds. The average Bonchev–Trinajstić information content (AvgIpc) is 3.12. The Morgan fingerprint density at radius 3 is 2.10 bits per heavy atom. The highest BCUT2D eigenvalue weighted by Crippen LogP contribution is 2.22. The van der Waals surface area contributed by atoms with Crippen molar-refractivity contribution in [2.75, 3.05) is 44.7 Å². The predicted octanol–water partition coefficient (Wildman–Crippen LogP) is 2.82. The fraction of sp³-hybridized carbons (Fsp3) is 0.381. The van der Waals surface area contributed by atoms with Crippen LogP contribution in [0, 0.1) is 0 Å². The molecule has 29 heavy (non-hydrogen) atoms. The van der Waals surface area contributed by atoms with Crippen molar-refractivity contribution in [1.82, 2.24) is 14.8 Å². The van der Waals surface area contributed by atoms with Crippen LogP contribution in [0.25, 0.3) is 0 Å². The number of piperazine rings is 1. The Morgan fingerprint density at radius 2 is 1.48 bits per heavy atom. The molecule has 154 valence electrons. The third-order valence-electron chi connectivity index (χ3n) is 5.55. The molecule has 2 aromatic rings. The van der Waals surface area contributed by atoms with Crippen LogP contribution in [-0.2, 0) is 0 Å². The van der Waals surface area contributed by atoms with Crippen molar-refractivity contribution in [3.05, 3.63) is 64.1 Å². The lowest BCUT2D eigenvalue weighted by atomic mass is 10.1. The van der Waals surface area contributed by atoms with Crippen molar-refractivity contribution in [1.29, 1.82) is 0 Å². The van der Waals surface area contributed by atoms with Gasteiger partial charge in [-0.05, 0) is 48.5 Å². The number of carbonyl (C=O) groups excluding carboxylic acids is 1. The van der Waals surface area contributed by atoms with Gasteiger partial charge in [-0.25, -0.2) is 5.01 Å². The fourth-order valence-electron chi connectivity index (χ4n) is 3.94. The number of halogens is 2. The highest BCUT2D eigenvalue weighted by atomic mass is 35.5. The van der Waals surface area contributed by atoms with Crippen molar-refractivity contribution >= 4 is 34.8 Å². The van der Waals surface area contributed by atoms with Gasteiger partial charge in [0.15, 0.2) is 0 Å². The molecule has 0 aliphatic carbocycles. The van der Waals surface area contributed by atoms with Gasteiger partial charge in [0.2, 0.25) is 0 Å². The minimum absolute atomic E-state index is 0.0380. The minimum atomic E-state index is -0.540. The topological polar surface area (TPSA) is 59.1 Å². The van der Waals surface area contributed by atoms with Crippen LogP contribution in [-0.4, -0.2) is 77.2 Å². The molecule has 0 radical (unpaired) electrons. The summed E-state index contributed by atoms with van der Waals surface area (Å²) in [6.07, 6.45) is -0.540. The van der Waals surface area contributed by atoms with Gasteiger partial charge in [0.25, 0.3) is 5.91 Å². The van der Waals surface area contributed by atoms with E-state index in [4.69, 9.17) is 23.2 Å². The summed E-state index contributed by atoms with van der Waals surface area (Å²) in [4.78, 5) is 16.7. The lowest BCUT2D eigenvalue weighted by Crippen LogP contribution is -2.54. The number of hydrazine groups is 1. The molecule has 6 nitrogen and oxygen atoms in total. The van der Waals surface area contributed by atoms with E-state index in [1.54, 1.807) is 29.2 Å². The first-order chi connectivity index (χ1) is 14.0. The molecule has 0 unspecified atom stereocenters. The smallest absolute Gasteiger partial charge is 0.253 e. The molecule has 2 heterocycles. The molecule has 0 bridgehead atoms. The average molecular weight is 435 g/mol. The number of amides is 1. The molecule has 2 saturated heterocycles. The molecular formula is C21H24Cl2N4O2. The molecule has 2 aliphatic heterocycles. The van der Waals surface area contributed by atoms with Gasteiger partial charge in [-0.15, -0.1) is 0 Å². The van der Waals surface area contributed by atoms with E-state index in [2.05, 4.69) is 15.3 Å². The van der Waals surface area contributed by atoms with Gasteiger partial charge < -0.3 is 15.4 Å². The normalized spacial score (nSPS) is 23.3. The maximum absolute atomic E-state index is 12.7. The number of anilines is 1. The number of nitrogens with one attached hydrogen (secondary N) is 1. The van der Waals surface area contributed by atoms with Gasteiger partial charge in [-0.3, -0.25) is 9.69 Å². The molecule has 2 aromatic carbocycles. The zero-order valence-electron chi connectivity index (χ0n) is 16.0. The van der Waals surface area contributed by atoms with E-state index >= 15 is 0 Å². The largest absolute Gasteiger partial charge is 0.390 e. The maximum Gasteiger partial charge on any atom is 0.253 e. The van der Waals surface area contributed by atoms with E-state index < -0.39 is 6.10 Å². The molecule has 2 atom stereocenters. The number of hydrogen-bond donors (Lipinski definition) is 2. The second-order valence-corrected chi connectivity index (χ2v) is 8.37. The summed E-state index contributed by atoms with van der Waals surface area (Å²) in [6.45, 7) is 4.20. The summed E-state index contributed by atoms with van der Waals surface area (Å²) in [5.41, 5.74) is 4.99. The Hall–Kier alpha value is -1.83. The van der Waals surface area contributed by atoms with Crippen LogP contribution >= 0.6 is 23.2 Å². The van der Waals surface area contributed by atoms with Crippen LogP contribution in [0.4, 0.5) is 5.69 Å². The Bertz CT molecular complexity index is 839. The number of aliphatic hydroxyl groups is 1. The summed E-state index contributed by atoms with van der Waals surface area (Å²) in [6, 6.07) is 14.5. The number of hydrogen-bond acceptors (Lipinski definition) is 5. The zero-order chi connectivity index (χ0) is 20.4. The minimum Gasteiger partial charge on any atom is -0.390 e. The van der Waals surface area contributed by atoms with Crippen LogP contribution in [0.5, 0.6) is 0 Å². The lowest BCUT2D eigenvalue weighted by molar-refractivity contribution is 0.0509. The highest BCUT2D eigenvalue weighted by Gasteiger charge is 2.38. The second kappa shape index (κ2) is 8.90. The van der Waals surface area contributed by atoms with Crippen LogP contribution in [0.2, 0.25) is 10.0 Å². The first kappa shape index (κ1) is 20.4. The van der Waals surface area contributed by atoms with Gasteiger partial charge in [-0.1, -0.05) is 23.2 Å². The molecule has 2 aliphatic rings. The van der Waals surface area contributed by atoms with E-state index in [-0.39, 0.29) is 11.9 Å². The Labute approximate surface area is 180 Å². The van der Waals surface area contributed by atoms with Crippen molar-refractivity contribution in [3.63, 3.8) is 0 Å². The highest BCUT2D eigenvalue weighted by molar-refractivity contribution is 6.30. The molecule has 0 aromatic heterocycles. The number of nitrogens with zero attached hydrogens (tertiary/aromatic N) is 3. The number of β-amino-alcohol motifs (C(OH)–C–C–N with tert-alkyl or cyclic N) is 1. The standard InChI is InChI=1S/C21H24Cl2N4O2/c22-16-3-1-15(2-4-16)21(29)26-13-19(20(28)14-26)25-9-11-27(12-10-25)24-18-7-5-17(23)6-8-18/h1-8,19-20,24,28H,9-14H2/t19-,20-/m1/s1. The first-order valence-electron chi connectivity index (χ1n) is 9.74. The van der Waals surface area contributed by atoms with Crippen LogP contribution in [0.15, 0.2) is 48.5 Å². The zero-order valence-corrected chi connectivity index (χ0v) is 17.5. The van der Waals surface area contributed by atoms with Crippen molar-refractivity contribution in [2.24, 2.45) is 0 Å². The van der Waals surface area contributed by atoms with E-state index in [0.717, 1.165) is 31.9 Å². The summed E-state index contributed by atoms with van der Waals surface area (Å²) < 4.78 is 0. The SMILES string of the molecule is O=C(c1ccc(Cl)cc1)N1C[C@@H](O)[C@H](N2CCN(Nc3ccc(Cl)cc3)CC2)C1. The predicted molar refractivity (Wildman–Crippen MR) is 115 cm³/mol. The van der Waals surface area contributed by atoms with Crippen molar-refractivity contribution < 1.29 is 9.90 Å².